The third-order valence-electron chi connectivity index (χ3n) is 8.26. The first-order valence-corrected chi connectivity index (χ1v) is 14.1. The third-order valence-corrected chi connectivity index (χ3v) is 8.26. The molecule has 14 N–H and O–H groups in total. The predicted molar refractivity (Wildman–Crippen MR) is 134 cm³/mol. The van der Waals surface area contributed by atoms with Crippen molar-refractivity contribution < 1.29 is 105 Å². The number of hydrogen-bond acceptors (Lipinski definition) is 21. The molecule has 0 aromatic rings. The lowest BCUT2D eigenvalue weighted by Crippen LogP contribution is -2.64. The topological polar surface area (TPSA) is 348 Å². The zero-order chi connectivity index (χ0) is 33.4. The van der Waals surface area contributed by atoms with Gasteiger partial charge < -0.3 is 105 Å². The van der Waals surface area contributed by atoms with Crippen LogP contribution in [0.5, 0.6) is 0 Å². The van der Waals surface area contributed by atoms with Gasteiger partial charge in [-0.1, -0.05) is 0 Å². The second kappa shape index (κ2) is 15.1. The first-order chi connectivity index (χ1) is 21.2. The molecule has 4 fully saturated rings. The van der Waals surface area contributed by atoms with Gasteiger partial charge in [0.1, 0.15) is 98.2 Å². The zero-order valence-electron chi connectivity index (χ0n) is 23.5. The third kappa shape index (κ3) is 7.29. The van der Waals surface area contributed by atoms with Crippen LogP contribution in [0.3, 0.4) is 0 Å². The Kier molecular flexibility index (Phi) is 12.5. The normalized spacial score (nSPS) is 52.7. The van der Waals surface area contributed by atoms with Crippen LogP contribution in [0.2, 0.25) is 0 Å². The summed E-state index contributed by atoms with van der Waals surface area (Å²) in [6.07, 6.45) is -31.4. The number of aliphatic hydroxyl groups excluding tert-OH is 14. The maximum atomic E-state index is 10.5. The Morgan fingerprint density at radius 3 is 1.27 bits per heavy atom. The average molecular weight is 667 g/mol. The molecule has 21 nitrogen and oxygen atoms in total. The van der Waals surface area contributed by atoms with Crippen LogP contribution in [0.25, 0.3) is 0 Å². The summed E-state index contributed by atoms with van der Waals surface area (Å²) in [6.45, 7) is -4.02. The van der Waals surface area contributed by atoms with E-state index in [9.17, 15) is 71.5 Å². The second-order valence-electron chi connectivity index (χ2n) is 11.3. The molecule has 0 unspecified atom stereocenters. The van der Waals surface area contributed by atoms with Crippen molar-refractivity contribution in [2.24, 2.45) is 0 Å². The van der Waals surface area contributed by atoms with Gasteiger partial charge in [0.25, 0.3) is 0 Å². The van der Waals surface area contributed by atoms with E-state index in [4.69, 9.17) is 33.2 Å². The molecule has 4 rings (SSSR count). The fourth-order valence-corrected chi connectivity index (χ4v) is 5.39. The van der Waals surface area contributed by atoms with Crippen LogP contribution in [0.1, 0.15) is 0 Å². The van der Waals surface area contributed by atoms with Gasteiger partial charge in [-0.3, -0.25) is 0 Å². The van der Waals surface area contributed by atoms with Crippen molar-refractivity contribution in [2.75, 3.05) is 33.0 Å². The fourth-order valence-electron chi connectivity index (χ4n) is 5.39. The summed E-state index contributed by atoms with van der Waals surface area (Å²) in [5, 5.41) is 141. The molecule has 4 aliphatic rings. The molecule has 0 spiro atoms. The van der Waals surface area contributed by atoms with Crippen molar-refractivity contribution in [3.63, 3.8) is 0 Å². The minimum absolute atomic E-state index is 0.650. The van der Waals surface area contributed by atoms with Crippen LogP contribution in [0.15, 0.2) is 0 Å². The van der Waals surface area contributed by atoms with Crippen LogP contribution in [0, 0.1) is 0 Å². The van der Waals surface area contributed by atoms with E-state index in [0.29, 0.717) is 0 Å². The van der Waals surface area contributed by atoms with E-state index in [2.05, 4.69) is 0 Å². The molecule has 21 heteroatoms. The van der Waals surface area contributed by atoms with Crippen LogP contribution < -0.4 is 0 Å². The van der Waals surface area contributed by atoms with Crippen LogP contribution in [-0.2, 0) is 33.2 Å². The number of aliphatic hydroxyl groups is 14. The molecule has 4 heterocycles. The Bertz CT molecular complexity index is 931. The van der Waals surface area contributed by atoms with E-state index in [0.717, 1.165) is 0 Å². The van der Waals surface area contributed by atoms with Crippen molar-refractivity contribution >= 4 is 0 Å². The maximum absolute atomic E-state index is 10.5. The molecule has 0 bridgehead atoms. The highest BCUT2D eigenvalue weighted by Crippen LogP contribution is 2.36. The van der Waals surface area contributed by atoms with Crippen molar-refractivity contribution in [3.8, 4) is 0 Å². The molecule has 264 valence electrons. The Morgan fingerprint density at radius 1 is 0.444 bits per heavy atom. The van der Waals surface area contributed by atoms with Gasteiger partial charge in [0, 0.05) is 0 Å². The minimum atomic E-state index is -2.43. The Hall–Kier alpha value is -0.840. The fraction of sp³-hybridized carbons (Fsp3) is 1.00. The van der Waals surface area contributed by atoms with E-state index in [1.807, 2.05) is 0 Å². The summed E-state index contributed by atoms with van der Waals surface area (Å²) in [4.78, 5) is 0. The molecule has 0 aromatic carbocycles. The number of rotatable bonds is 11. The van der Waals surface area contributed by atoms with Gasteiger partial charge in [-0.15, -0.1) is 0 Å². The SMILES string of the molecule is OC[C@@H]1O[C@H](OC[C@@H]2O[C@H](OC[C@@H]3O[C@H](O[C@]4(CO)O[C@H](CO)[C@H](O)[C@H]4O)[C@@H](O)[C@@H](O)[C@@H]3O)[C@H](O)[C@@H](O)[C@H]2O)[C@@H](O)[C@@H](O)[C@H]1O. The predicted octanol–water partition coefficient (Wildman–Crippen LogP) is -9.75. The van der Waals surface area contributed by atoms with Crippen LogP contribution in [0.4, 0.5) is 0 Å². The molecule has 0 aromatic heterocycles. The summed E-state index contributed by atoms with van der Waals surface area (Å²) in [5.41, 5.74) is 0. The Morgan fingerprint density at radius 2 is 0.844 bits per heavy atom. The molecule has 0 aliphatic carbocycles. The van der Waals surface area contributed by atoms with Gasteiger partial charge in [0.05, 0.1) is 26.4 Å². The quantitative estimate of drug-likeness (QED) is 0.0973. The summed E-state index contributed by atoms with van der Waals surface area (Å²) in [5.74, 6) is -2.43. The summed E-state index contributed by atoms with van der Waals surface area (Å²) < 4.78 is 37.6. The molecule has 4 aliphatic heterocycles. The van der Waals surface area contributed by atoms with Crippen molar-refractivity contribution in [3.05, 3.63) is 0 Å². The first-order valence-electron chi connectivity index (χ1n) is 14.1. The van der Waals surface area contributed by atoms with E-state index < -0.39 is 149 Å². The molecule has 4 saturated heterocycles. The molecule has 0 radical (unpaired) electrons. The van der Waals surface area contributed by atoms with Crippen LogP contribution in [-0.4, -0.2) is 221 Å². The van der Waals surface area contributed by atoms with Crippen LogP contribution >= 0.6 is 0 Å². The van der Waals surface area contributed by atoms with Gasteiger partial charge in [-0.2, -0.15) is 0 Å². The molecule has 0 saturated carbocycles. The monoisotopic (exact) mass is 666 g/mol. The lowest BCUT2D eigenvalue weighted by molar-refractivity contribution is -0.388. The first kappa shape index (κ1) is 37.0. The Labute approximate surface area is 254 Å². The number of ether oxygens (including phenoxy) is 7. The lowest BCUT2D eigenvalue weighted by Gasteiger charge is -2.45. The molecule has 19 atom stereocenters. The van der Waals surface area contributed by atoms with Crippen molar-refractivity contribution in [2.45, 2.75) is 116 Å². The van der Waals surface area contributed by atoms with Gasteiger partial charge in [-0.25, -0.2) is 0 Å². The standard InChI is InChI=1S/C24H42O21/c25-1-6-10(28)14(32)17(35)21(41-6)39-3-8-11(29)15(33)18(36)22(42-8)40-4-9-12(30)16(34)19(37)23(43-9)45-24(5-27)20(38)13(31)7(2-26)44-24/h6-23,25-38H,1-5H2/t6-,7+,8-,9-,10-,11-,12+,13-,14-,15-,16-,17-,18+,19-,20+,21-,22-,23+,24-/m0/s1. The minimum Gasteiger partial charge on any atom is -0.394 e. The van der Waals surface area contributed by atoms with Crippen molar-refractivity contribution in [1.29, 1.82) is 0 Å². The zero-order valence-corrected chi connectivity index (χ0v) is 23.5. The largest absolute Gasteiger partial charge is 0.394 e. The van der Waals surface area contributed by atoms with E-state index in [1.165, 1.54) is 0 Å². The molecule has 45 heavy (non-hydrogen) atoms. The van der Waals surface area contributed by atoms with Gasteiger partial charge in [0.15, 0.2) is 18.9 Å². The van der Waals surface area contributed by atoms with E-state index in [-0.39, 0.29) is 0 Å². The van der Waals surface area contributed by atoms with Gasteiger partial charge in [0.2, 0.25) is 5.79 Å². The highest BCUT2D eigenvalue weighted by Gasteiger charge is 2.58. The maximum Gasteiger partial charge on any atom is 0.224 e. The summed E-state index contributed by atoms with van der Waals surface area (Å²) in [6, 6.07) is 0. The van der Waals surface area contributed by atoms with Gasteiger partial charge in [-0.05, 0) is 0 Å². The number of hydrogen-bond donors (Lipinski definition) is 14. The van der Waals surface area contributed by atoms with Gasteiger partial charge >= 0.3 is 0 Å². The second-order valence-corrected chi connectivity index (χ2v) is 11.3. The highest BCUT2D eigenvalue weighted by molar-refractivity contribution is 4.99. The van der Waals surface area contributed by atoms with E-state index in [1.54, 1.807) is 0 Å². The molecular weight excluding hydrogens is 624 g/mol. The smallest absolute Gasteiger partial charge is 0.224 e. The lowest BCUT2D eigenvalue weighted by atomic mass is 9.98. The van der Waals surface area contributed by atoms with E-state index >= 15 is 0 Å². The summed E-state index contributed by atoms with van der Waals surface area (Å²) >= 11 is 0. The Balaban J connectivity index is 1.39. The highest BCUT2D eigenvalue weighted by atomic mass is 16.8. The molecular formula is C24H42O21. The van der Waals surface area contributed by atoms with Crippen molar-refractivity contribution in [1.82, 2.24) is 0 Å². The molecule has 0 amide bonds. The summed E-state index contributed by atoms with van der Waals surface area (Å²) in [7, 11) is 0. The average Bonchev–Trinajstić information content (AvgIpc) is 3.28.